The second-order valence-corrected chi connectivity index (χ2v) is 5.65. The zero-order valence-electron chi connectivity index (χ0n) is 12.2. The van der Waals surface area contributed by atoms with Gasteiger partial charge in [-0.15, -0.1) is 0 Å². The molecule has 21 heavy (non-hydrogen) atoms. The van der Waals surface area contributed by atoms with Gasteiger partial charge in [-0.25, -0.2) is 0 Å². The molecule has 114 valence electrons. The summed E-state index contributed by atoms with van der Waals surface area (Å²) in [6.45, 7) is 3.23. The van der Waals surface area contributed by atoms with Gasteiger partial charge in [0.25, 0.3) is 0 Å². The maximum absolute atomic E-state index is 11.6. The van der Waals surface area contributed by atoms with Crippen molar-refractivity contribution >= 4 is 5.91 Å². The van der Waals surface area contributed by atoms with Crippen molar-refractivity contribution < 1.29 is 14.3 Å². The molecule has 2 N–H and O–H groups in total. The third-order valence-corrected chi connectivity index (χ3v) is 3.76. The van der Waals surface area contributed by atoms with Gasteiger partial charge in [-0.3, -0.25) is 4.79 Å². The van der Waals surface area contributed by atoms with Gasteiger partial charge in [-0.1, -0.05) is 6.07 Å². The summed E-state index contributed by atoms with van der Waals surface area (Å²) in [6, 6.07) is 5.94. The van der Waals surface area contributed by atoms with Crippen LogP contribution in [0.15, 0.2) is 18.2 Å². The van der Waals surface area contributed by atoms with Crippen molar-refractivity contribution in [1.29, 1.82) is 0 Å². The molecule has 0 unspecified atom stereocenters. The zero-order chi connectivity index (χ0) is 14.5. The first-order chi connectivity index (χ1) is 10.3. The molecule has 0 bridgehead atoms. The van der Waals surface area contributed by atoms with Gasteiger partial charge >= 0.3 is 0 Å². The molecular formula is C16H22N2O3. The van der Waals surface area contributed by atoms with Crippen LogP contribution in [0, 0.1) is 5.92 Å². The number of rotatable bonds is 7. The maximum atomic E-state index is 11.6. The fourth-order valence-electron chi connectivity index (χ4n) is 2.36. The molecule has 5 nitrogen and oxygen atoms in total. The van der Waals surface area contributed by atoms with Crippen LogP contribution in [-0.4, -0.2) is 38.8 Å². The molecule has 1 amide bonds. The summed E-state index contributed by atoms with van der Waals surface area (Å²) in [4.78, 5) is 11.6. The fraction of sp³-hybridized carbons (Fsp3) is 0.562. The van der Waals surface area contributed by atoms with Crippen molar-refractivity contribution in [3.63, 3.8) is 0 Å². The van der Waals surface area contributed by atoms with Crippen LogP contribution in [0.25, 0.3) is 0 Å². The van der Waals surface area contributed by atoms with Crippen molar-refractivity contribution in [1.82, 2.24) is 10.6 Å². The van der Waals surface area contributed by atoms with Crippen LogP contribution in [0.3, 0.4) is 0 Å². The molecule has 1 aromatic rings. The number of hydrogen-bond donors (Lipinski definition) is 2. The average Bonchev–Trinajstić information content (AvgIpc) is 3.31. The molecule has 0 spiro atoms. The predicted molar refractivity (Wildman–Crippen MR) is 79.7 cm³/mol. The number of fused-ring (bicyclic) bond motifs is 1. The topological polar surface area (TPSA) is 59.6 Å². The van der Waals surface area contributed by atoms with Crippen molar-refractivity contribution in [3.8, 4) is 11.5 Å². The van der Waals surface area contributed by atoms with E-state index in [-0.39, 0.29) is 5.91 Å². The van der Waals surface area contributed by atoms with Gasteiger partial charge in [0.05, 0.1) is 6.54 Å². The van der Waals surface area contributed by atoms with Gasteiger partial charge in [0.2, 0.25) is 5.91 Å². The Morgan fingerprint density at radius 1 is 1.19 bits per heavy atom. The van der Waals surface area contributed by atoms with Crippen LogP contribution in [0.2, 0.25) is 0 Å². The van der Waals surface area contributed by atoms with E-state index < -0.39 is 0 Å². The molecule has 0 saturated heterocycles. The highest BCUT2D eigenvalue weighted by Gasteiger charge is 2.20. The first kappa shape index (κ1) is 14.2. The number of nitrogens with one attached hydrogen (secondary N) is 2. The lowest BCUT2D eigenvalue weighted by Crippen LogP contribution is -2.35. The molecule has 1 aromatic carbocycles. The summed E-state index contributed by atoms with van der Waals surface area (Å²) in [7, 11) is 0. The Labute approximate surface area is 125 Å². The Bertz CT molecular complexity index is 500. The van der Waals surface area contributed by atoms with Crippen molar-refractivity contribution in [2.45, 2.75) is 19.3 Å². The highest BCUT2D eigenvalue weighted by atomic mass is 16.6. The van der Waals surface area contributed by atoms with E-state index >= 15 is 0 Å². The Hall–Kier alpha value is -1.75. The molecule has 3 rings (SSSR count). The molecule has 1 aliphatic carbocycles. The number of carbonyl (C=O) groups is 1. The van der Waals surface area contributed by atoms with Gasteiger partial charge in [-0.05, 0) is 49.4 Å². The van der Waals surface area contributed by atoms with E-state index in [0.29, 0.717) is 26.3 Å². The molecule has 2 aliphatic rings. The monoisotopic (exact) mass is 290 g/mol. The van der Waals surface area contributed by atoms with Gasteiger partial charge in [0, 0.05) is 6.54 Å². The van der Waals surface area contributed by atoms with Crippen LogP contribution >= 0.6 is 0 Å². The summed E-state index contributed by atoms with van der Waals surface area (Å²) >= 11 is 0. The first-order valence-corrected chi connectivity index (χ1v) is 7.67. The summed E-state index contributed by atoms with van der Waals surface area (Å²) in [5.74, 6) is 2.47. The van der Waals surface area contributed by atoms with Crippen LogP contribution < -0.4 is 20.1 Å². The minimum Gasteiger partial charge on any atom is -0.486 e. The predicted octanol–water partition coefficient (Wildman–Crippen LogP) is 1.12. The van der Waals surface area contributed by atoms with Crippen LogP contribution in [-0.2, 0) is 11.2 Å². The quantitative estimate of drug-likeness (QED) is 0.790. The summed E-state index contributed by atoms with van der Waals surface area (Å²) in [5, 5.41) is 6.12. The van der Waals surface area contributed by atoms with Gasteiger partial charge in [0.1, 0.15) is 13.2 Å². The van der Waals surface area contributed by atoms with Gasteiger partial charge in [0.15, 0.2) is 11.5 Å². The van der Waals surface area contributed by atoms with Crippen LogP contribution in [0.1, 0.15) is 18.4 Å². The molecule has 0 aromatic heterocycles. The van der Waals surface area contributed by atoms with E-state index in [2.05, 4.69) is 10.6 Å². The van der Waals surface area contributed by atoms with Gasteiger partial charge < -0.3 is 20.1 Å². The van der Waals surface area contributed by atoms with Crippen LogP contribution in [0.4, 0.5) is 0 Å². The highest BCUT2D eigenvalue weighted by Crippen LogP contribution is 2.30. The maximum Gasteiger partial charge on any atom is 0.233 e. The molecule has 5 heteroatoms. The summed E-state index contributed by atoms with van der Waals surface area (Å²) in [6.07, 6.45) is 3.41. The van der Waals surface area contributed by atoms with Crippen molar-refractivity contribution in [3.05, 3.63) is 23.8 Å². The summed E-state index contributed by atoms with van der Waals surface area (Å²) < 4.78 is 11.0. The smallest absolute Gasteiger partial charge is 0.233 e. The lowest BCUT2D eigenvalue weighted by Gasteiger charge is -2.18. The fourth-order valence-corrected chi connectivity index (χ4v) is 2.36. The van der Waals surface area contributed by atoms with Gasteiger partial charge in [-0.2, -0.15) is 0 Å². The molecule has 1 aliphatic heterocycles. The Morgan fingerprint density at radius 2 is 2.00 bits per heavy atom. The Kier molecular flexibility index (Phi) is 4.60. The Balaban J connectivity index is 1.37. The molecule has 1 saturated carbocycles. The zero-order valence-corrected chi connectivity index (χ0v) is 12.2. The van der Waals surface area contributed by atoms with E-state index in [1.54, 1.807) is 0 Å². The highest BCUT2D eigenvalue weighted by molar-refractivity contribution is 5.77. The second kappa shape index (κ2) is 6.80. The van der Waals surface area contributed by atoms with E-state index in [9.17, 15) is 4.79 Å². The molecule has 0 radical (unpaired) electrons. The van der Waals surface area contributed by atoms with E-state index in [1.165, 1.54) is 12.8 Å². The lowest BCUT2D eigenvalue weighted by molar-refractivity contribution is -0.120. The number of amides is 1. The van der Waals surface area contributed by atoms with Crippen LogP contribution in [0.5, 0.6) is 11.5 Å². The van der Waals surface area contributed by atoms with E-state index in [4.69, 9.17) is 9.47 Å². The number of carbonyl (C=O) groups excluding carboxylic acids is 1. The minimum absolute atomic E-state index is 0.0631. The standard InChI is InChI=1S/C16H22N2O3/c19-16(11-17-10-13-1-2-13)18-6-5-12-3-4-14-15(9-12)21-8-7-20-14/h3-4,9,13,17H,1-2,5-8,10-11H2,(H,18,19). The SMILES string of the molecule is O=C(CNCC1CC1)NCCc1ccc2c(c1)OCCO2. The summed E-state index contributed by atoms with van der Waals surface area (Å²) in [5.41, 5.74) is 1.14. The average molecular weight is 290 g/mol. The number of hydrogen-bond acceptors (Lipinski definition) is 4. The van der Waals surface area contributed by atoms with Crippen molar-refractivity contribution in [2.75, 3.05) is 32.8 Å². The molecular weight excluding hydrogens is 268 g/mol. The normalized spacial score (nSPS) is 16.6. The molecule has 1 fully saturated rings. The molecule has 1 heterocycles. The third kappa shape index (κ3) is 4.36. The second-order valence-electron chi connectivity index (χ2n) is 5.65. The minimum atomic E-state index is 0.0631. The van der Waals surface area contributed by atoms with E-state index in [0.717, 1.165) is 35.9 Å². The lowest BCUT2D eigenvalue weighted by atomic mass is 10.1. The number of ether oxygens (including phenoxy) is 2. The third-order valence-electron chi connectivity index (χ3n) is 3.76. The van der Waals surface area contributed by atoms with E-state index in [1.807, 2.05) is 18.2 Å². The van der Waals surface area contributed by atoms with Crippen molar-refractivity contribution in [2.24, 2.45) is 5.92 Å². The largest absolute Gasteiger partial charge is 0.486 e. The first-order valence-electron chi connectivity index (χ1n) is 7.67. The Morgan fingerprint density at radius 3 is 2.81 bits per heavy atom. The molecule has 0 atom stereocenters. The number of benzene rings is 1.